The normalized spacial score (nSPS) is 12.0. The summed E-state index contributed by atoms with van der Waals surface area (Å²) in [4.78, 5) is 10.6. The molecule has 1 aromatic carbocycles. The van der Waals surface area contributed by atoms with E-state index in [9.17, 15) is 13.2 Å². The Labute approximate surface area is 138 Å². The van der Waals surface area contributed by atoms with Crippen molar-refractivity contribution >= 4 is 10.9 Å². The Bertz CT molecular complexity index is 1030. The van der Waals surface area contributed by atoms with Crippen LogP contribution in [0.15, 0.2) is 36.9 Å². The lowest BCUT2D eigenvalue weighted by molar-refractivity contribution is -0.144. The molecule has 7 nitrogen and oxygen atoms in total. The Morgan fingerprint density at radius 1 is 1.24 bits per heavy atom. The van der Waals surface area contributed by atoms with Crippen LogP contribution < -0.4 is 4.74 Å². The van der Waals surface area contributed by atoms with Gasteiger partial charge in [0.2, 0.25) is 5.82 Å². The second-order valence-corrected chi connectivity index (χ2v) is 5.24. The first kappa shape index (κ1) is 15.2. The second-order valence-electron chi connectivity index (χ2n) is 5.24. The maximum atomic E-state index is 12.8. The van der Waals surface area contributed by atoms with Crippen molar-refractivity contribution in [1.29, 1.82) is 0 Å². The molecular weight excluding hydrogens is 337 g/mol. The van der Waals surface area contributed by atoms with Crippen LogP contribution >= 0.6 is 0 Å². The number of H-pyrrole nitrogens is 2. The van der Waals surface area contributed by atoms with E-state index in [2.05, 4.69) is 20.1 Å². The number of alkyl halides is 3. The minimum Gasteiger partial charge on any atom is -0.497 e. The number of benzene rings is 1. The summed E-state index contributed by atoms with van der Waals surface area (Å²) in [6.45, 7) is 0. The molecule has 0 saturated carbocycles. The molecule has 25 heavy (non-hydrogen) atoms. The Morgan fingerprint density at radius 2 is 2.08 bits per heavy atom. The average Bonchev–Trinajstić information content (AvgIpc) is 3.30. The van der Waals surface area contributed by atoms with Crippen LogP contribution in [0.3, 0.4) is 0 Å². The quantitative estimate of drug-likeness (QED) is 0.596. The number of aromatic amines is 2. The molecule has 0 spiro atoms. The smallest absolute Gasteiger partial charge is 0.451 e. The standard InChI is InChI=1S/C15H11F3N6O/c1-25-8-2-3-10-9(6-8)12(24-5-4-19-7-24)11(20-10)13-21-14(23-22-13)15(16,17)18/h2-7,20H,1H3,(H,21,22,23). The molecule has 4 aromatic rings. The van der Waals surface area contributed by atoms with Crippen molar-refractivity contribution in [3.63, 3.8) is 0 Å². The SMILES string of the molecule is COc1ccc2[nH]c(-c3n[nH]c(C(F)(F)F)n3)c(-n3ccnc3)c2c1. The van der Waals surface area contributed by atoms with E-state index in [1.807, 2.05) is 5.10 Å². The van der Waals surface area contributed by atoms with Crippen LogP contribution in [-0.4, -0.2) is 36.8 Å². The molecule has 3 heterocycles. The lowest BCUT2D eigenvalue weighted by atomic mass is 10.2. The summed E-state index contributed by atoms with van der Waals surface area (Å²) in [5.41, 5.74) is 1.63. The maximum absolute atomic E-state index is 12.8. The molecule has 4 rings (SSSR count). The van der Waals surface area contributed by atoms with Gasteiger partial charge in [0.15, 0.2) is 5.82 Å². The number of hydrogen-bond acceptors (Lipinski definition) is 4. The van der Waals surface area contributed by atoms with Crippen molar-refractivity contribution in [2.45, 2.75) is 6.18 Å². The maximum Gasteiger partial charge on any atom is 0.451 e. The van der Waals surface area contributed by atoms with Crippen molar-refractivity contribution in [2.24, 2.45) is 0 Å². The van der Waals surface area contributed by atoms with Crippen LogP contribution in [0.4, 0.5) is 13.2 Å². The van der Waals surface area contributed by atoms with Crippen LogP contribution in [-0.2, 0) is 6.18 Å². The number of hydrogen-bond donors (Lipinski definition) is 2. The molecule has 0 saturated heterocycles. The lowest BCUT2D eigenvalue weighted by Crippen LogP contribution is -2.07. The molecule has 0 fully saturated rings. The number of nitrogens with one attached hydrogen (secondary N) is 2. The van der Waals surface area contributed by atoms with Crippen molar-refractivity contribution in [3.05, 3.63) is 42.7 Å². The molecule has 0 aliphatic heterocycles. The first-order valence-electron chi connectivity index (χ1n) is 7.15. The van der Waals surface area contributed by atoms with Gasteiger partial charge in [0.25, 0.3) is 0 Å². The van der Waals surface area contributed by atoms with E-state index in [1.165, 1.54) is 7.11 Å². The van der Waals surface area contributed by atoms with Gasteiger partial charge in [0, 0.05) is 23.3 Å². The van der Waals surface area contributed by atoms with Gasteiger partial charge in [-0.2, -0.15) is 18.3 Å². The zero-order chi connectivity index (χ0) is 17.6. The van der Waals surface area contributed by atoms with Crippen molar-refractivity contribution in [2.75, 3.05) is 7.11 Å². The van der Waals surface area contributed by atoms with E-state index in [-0.39, 0.29) is 5.82 Å². The fraction of sp³-hybridized carbons (Fsp3) is 0.133. The minimum absolute atomic E-state index is 0.0915. The van der Waals surface area contributed by atoms with E-state index >= 15 is 0 Å². The van der Waals surface area contributed by atoms with Crippen LogP contribution in [0.2, 0.25) is 0 Å². The van der Waals surface area contributed by atoms with Crippen molar-refractivity contribution < 1.29 is 17.9 Å². The number of methoxy groups -OCH3 is 1. The summed E-state index contributed by atoms with van der Waals surface area (Å²) in [5.74, 6) is -0.633. The Kier molecular flexibility index (Phi) is 3.27. The highest BCUT2D eigenvalue weighted by Crippen LogP contribution is 2.35. The van der Waals surface area contributed by atoms with E-state index in [4.69, 9.17) is 4.74 Å². The van der Waals surface area contributed by atoms with Gasteiger partial charge in [-0.1, -0.05) is 0 Å². The molecule has 10 heteroatoms. The molecule has 0 radical (unpaired) electrons. The number of rotatable bonds is 3. The number of ether oxygens (including phenoxy) is 1. The zero-order valence-corrected chi connectivity index (χ0v) is 12.8. The van der Waals surface area contributed by atoms with Crippen LogP contribution in [0.25, 0.3) is 28.1 Å². The topological polar surface area (TPSA) is 84.4 Å². The van der Waals surface area contributed by atoms with E-state index in [0.717, 1.165) is 5.39 Å². The number of imidazole rings is 1. The molecular formula is C15H11F3N6O. The molecule has 128 valence electrons. The Balaban J connectivity index is 1.97. The summed E-state index contributed by atoms with van der Waals surface area (Å²) in [5, 5.41) is 6.38. The predicted octanol–water partition coefficient (Wildman–Crippen LogP) is 3.17. The van der Waals surface area contributed by atoms with Gasteiger partial charge in [0.05, 0.1) is 19.1 Å². The first-order valence-corrected chi connectivity index (χ1v) is 7.15. The molecule has 2 N–H and O–H groups in total. The highest BCUT2D eigenvalue weighted by molar-refractivity contribution is 5.96. The summed E-state index contributed by atoms with van der Waals surface area (Å²) in [6, 6.07) is 5.30. The highest BCUT2D eigenvalue weighted by atomic mass is 19.4. The van der Waals surface area contributed by atoms with Gasteiger partial charge in [-0.3, -0.25) is 5.10 Å². The minimum atomic E-state index is -4.60. The lowest BCUT2D eigenvalue weighted by Gasteiger charge is -2.04. The van der Waals surface area contributed by atoms with Crippen molar-refractivity contribution in [3.8, 4) is 23.0 Å². The molecule has 3 aromatic heterocycles. The molecule has 0 aliphatic rings. The molecule has 0 aliphatic carbocycles. The van der Waals surface area contributed by atoms with E-state index in [1.54, 1.807) is 41.5 Å². The largest absolute Gasteiger partial charge is 0.497 e. The van der Waals surface area contributed by atoms with Gasteiger partial charge in [-0.05, 0) is 18.2 Å². The van der Waals surface area contributed by atoms with Gasteiger partial charge in [0.1, 0.15) is 11.4 Å². The molecule has 0 bridgehead atoms. The third-order valence-corrected chi connectivity index (χ3v) is 3.72. The van der Waals surface area contributed by atoms with Crippen molar-refractivity contribution in [1.82, 2.24) is 29.7 Å². The van der Waals surface area contributed by atoms with E-state index in [0.29, 0.717) is 22.6 Å². The number of aromatic nitrogens is 6. The summed E-state index contributed by atoms with van der Waals surface area (Å²) in [6.07, 6.45) is 0.198. The molecule has 0 unspecified atom stereocenters. The van der Waals surface area contributed by atoms with Gasteiger partial charge in [-0.25, -0.2) is 9.97 Å². The number of halogens is 3. The third kappa shape index (κ3) is 2.51. The van der Waals surface area contributed by atoms with E-state index < -0.39 is 12.0 Å². The molecule has 0 atom stereocenters. The Morgan fingerprint density at radius 3 is 2.72 bits per heavy atom. The Hall–Kier alpha value is -3.30. The van der Waals surface area contributed by atoms with Gasteiger partial charge in [-0.15, -0.1) is 0 Å². The summed E-state index contributed by atoms with van der Waals surface area (Å²) >= 11 is 0. The second kappa shape index (κ2) is 5.36. The monoisotopic (exact) mass is 348 g/mol. The molecule has 0 amide bonds. The van der Waals surface area contributed by atoms with Gasteiger partial charge < -0.3 is 14.3 Å². The first-order chi connectivity index (χ1) is 12.0. The number of nitrogens with zero attached hydrogens (tertiary/aromatic N) is 4. The summed E-state index contributed by atoms with van der Waals surface area (Å²) in [7, 11) is 1.54. The number of fused-ring (bicyclic) bond motifs is 1. The van der Waals surface area contributed by atoms with Gasteiger partial charge >= 0.3 is 6.18 Å². The van der Waals surface area contributed by atoms with Crippen LogP contribution in [0.5, 0.6) is 5.75 Å². The predicted molar refractivity (Wildman–Crippen MR) is 82.4 cm³/mol. The fourth-order valence-electron chi connectivity index (χ4n) is 2.61. The fourth-order valence-corrected chi connectivity index (χ4v) is 2.61. The van der Waals surface area contributed by atoms with Crippen LogP contribution in [0.1, 0.15) is 5.82 Å². The zero-order valence-electron chi connectivity index (χ0n) is 12.8. The average molecular weight is 348 g/mol. The third-order valence-electron chi connectivity index (χ3n) is 3.72. The van der Waals surface area contributed by atoms with Crippen LogP contribution in [0, 0.1) is 0 Å². The summed E-state index contributed by atoms with van der Waals surface area (Å²) < 4.78 is 45.4. The highest BCUT2D eigenvalue weighted by Gasteiger charge is 2.36.